The van der Waals surface area contributed by atoms with E-state index in [1.165, 1.54) is 5.57 Å². The van der Waals surface area contributed by atoms with Crippen LogP contribution in [0.3, 0.4) is 0 Å². The Morgan fingerprint density at radius 2 is 2.38 bits per heavy atom. The third-order valence-corrected chi connectivity index (χ3v) is 1.67. The number of carbonyl (C=O) groups is 1. The standard InChI is InChI=1S/C7H10O/c1-5-3-7(8)4-6(5)2/h3,6H,4H2,1-2H3. The molecule has 0 saturated heterocycles. The normalized spacial score (nSPS) is 28.5. The molecule has 1 nitrogen and oxygen atoms in total. The van der Waals surface area contributed by atoms with Crippen LogP contribution in [0.2, 0.25) is 0 Å². The summed E-state index contributed by atoms with van der Waals surface area (Å²) in [6, 6.07) is 0. The maximum Gasteiger partial charge on any atom is 0.156 e. The van der Waals surface area contributed by atoms with Gasteiger partial charge in [0.2, 0.25) is 0 Å². The molecule has 1 unspecified atom stereocenters. The minimum absolute atomic E-state index is 0.287. The lowest BCUT2D eigenvalue weighted by atomic mass is 10.1. The molecule has 0 bridgehead atoms. The van der Waals surface area contributed by atoms with Gasteiger partial charge in [0.25, 0.3) is 0 Å². The van der Waals surface area contributed by atoms with E-state index in [2.05, 4.69) is 6.92 Å². The van der Waals surface area contributed by atoms with Crippen LogP contribution in [-0.4, -0.2) is 5.78 Å². The van der Waals surface area contributed by atoms with Gasteiger partial charge in [0, 0.05) is 6.42 Å². The highest BCUT2D eigenvalue weighted by atomic mass is 16.1. The predicted molar refractivity (Wildman–Crippen MR) is 32.5 cm³/mol. The van der Waals surface area contributed by atoms with Gasteiger partial charge in [-0.25, -0.2) is 0 Å². The van der Waals surface area contributed by atoms with Gasteiger partial charge in [-0.05, 0) is 18.9 Å². The fourth-order valence-corrected chi connectivity index (χ4v) is 0.918. The highest BCUT2D eigenvalue weighted by molar-refractivity contribution is 5.93. The van der Waals surface area contributed by atoms with E-state index in [-0.39, 0.29) is 5.78 Å². The molecule has 0 N–H and O–H groups in total. The minimum Gasteiger partial charge on any atom is -0.295 e. The molecule has 0 spiro atoms. The van der Waals surface area contributed by atoms with Crippen LogP contribution in [0.5, 0.6) is 0 Å². The number of ketones is 1. The quantitative estimate of drug-likeness (QED) is 0.462. The van der Waals surface area contributed by atoms with Gasteiger partial charge in [0.15, 0.2) is 5.78 Å². The van der Waals surface area contributed by atoms with E-state index >= 15 is 0 Å². The van der Waals surface area contributed by atoms with Crippen molar-refractivity contribution in [2.75, 3.05) is 0 Å². The van der Waals surface area contributed by atoms with Crippen molar-refractivity contribution in [3.8, 4) is 0 Å². The number of allylic oxidation sites excluding steroid dienone is 2. The summed E-state index contributed by atoms with van der Waals surface area (Å²) in [5.41, 5.74) is 1.23. The SMILES string of the molecule is CC1=CC(=O)CC1C. The van der Waals surface area contributed by atoms with Crippen molar-refractivity contribution < 1.29 is 4.79 Å². The van der Waals surface area contributed by atoms with E-state index in [9.17, 15) is 4.79 Å². The molecule has 1 aliphatic carbocycles. The van der Waals surface area contributed by atoms with Gasteiger partial charge < -0.3 is 0 Å². The first-order valence-electron chi connectivity index (χ1n) is 2.91. The number of rotatable bonds is 0. The Labute approximate surface area is 49.4 Å². The summed E-state index contributed by atoms with van der Waals surface area (Å²) in [6.07, 6.45) is 2.47. The molecule has 0 heterocycles. The first-order chi connectivity index (χ1) is 3.70. The van der Waals surface area contributed by atoms with E-state index in [4.69, 9.17) is 0 Å². The highest BCUT2D eigenvalue weighted by Gasteiger charge is 2.15. The van der Waals surface area contributed by atoms with Gasteiger partial charge in [0.1, 0.15) is 0 Å². The molecule has 1 atom stereocenters. The molecule has 0 fully saturated rings. The second kappa shape index (κ2) is 1.73. The smallest absolute Gasteiger partial charge is 0.156 e. The Balaban J connectivity index is 2.73. The van der Waals surface area contributed by atoms with Gasteiger partial charge in [-0.15, -0.1) is 0 Å². The zero-order valence-corrected chi connectivity index (χ0v) is 5.27. The molecule has 0 radical (unpaired) electrons. The molecule has 0 aliphatic heterocycles. The first-order valence-corrected chi connectivity index (χ1v) is 2.91. The van der Waals surface area contributed by atoms with Crippen LogP contribution >= 0.6 is 0 Å². The molecule has 1 rings (SSSR count). The van der Waals surface area contributed by atoms with Crippen LogP contribution in [0.15, 0.2) is 11.6 Å². The maximum atomic E-state index is 10.6. The van der Waals surface area contributed by atoms with Crippen molar-refractivity contribution in [1.82, 2.24) is 0 Å². The third-order valence-electron chi connectivity index (χ3n) is 1.67. The summed E-state index contributed by atoms with van der Waals surface area (Å²) in [5, 5.41) is 0. The third kappa shape index (κ3) is 0.808. The Bertz CT molecular complexity index is 144. The van der Waals surface area contributed by atoms with Gasteiger partial charge in [-0.2, -0.15) is 0 Å². The Kier molecular flexibility index (Phi) is 1.20. The summed E-state index contributed by atoms with van der Waals surface area (Å²) in [7, 11) is 0. The van der Waals surface area contributed by atoms with Gasteiger partial charge in [-0.3, -0.25) is 4.79 Å². The molecule has 0 aromatic carbocycles. The van der Waals surface area contributed by atoms with E-state index < -0.39 is 0 Å². The predicted octanol–water partition coefficient (Wildman–Crippen LogP) is 1.54. The molecule has 0 aromatic heterocycles. The van der Waals surface area contributed by atoms with Crippen molar-refractivity contribution in [3.05, 3.63) is 11.6 Å². The zero-order valence-electron chi connectivity index (χ0n) is 5.27. The van der Waals surface area contributed by atoms with Crippen molar-refractivity contribution >= 4 is 5.78 Å². The van der Waals surface area contributed by atoms with Crippen LogP contribution in [0.4, 0.5) is 0 Å². The molecule has 0 amide bonds. The number of hydrogen-bond acceptors (Lipinski definition) is 1. The fourth-order valence-electron chi connectivity index (χ4n) is 0.918. The summed E-state index contributed by atoms with van der Waals surface area (Å²) >= 11 is 0. The van der Waals surface area contributed by atoms with E-state index in [1.54, 1.807) is 6.08 Å². The summed E-state index contributed by atoms with van der Waals surface area (Å²) in [4.78, 5) is 10.6. The molecular formula is C7H10O. The van der Waals surface area contributed by atoms with Crippen LogP contribution in [0.1, 0.15) is 20.3 Å². The average molecular weight is 110 g/mol. The molecule has 0 saturated carbocycles. The van der Waals surface area contributed by atoms with Gasteiger partial charge in [-0.1, -0.05) is 12.5 Å². The van der Waals surface area contributed by atoms with E-state index in [0.29, 0.717) is 5.92 Å². The van der Waals surface area contributed by atoms with E-state index in [1.807, 2.05) is 6.92 Å². The zero-order chi connectivity index (χ0) is 6.15. The fraction of sp³-hybridized carbons (Fsp3) is 0.571. The second-order valence-electron chi connectivity index (χ2n) is 2.46. The molecule has 8 heavy (non-hydrogen) atoms. The Hall–Kier alpha value is -0.590. The van der Waals surface area contributed by atoms with Crippen molar-refractivity contribution in [1.29, 1.82) is 0 Å². The monoisotopic (exact) mass is 110 g/mol. The molecule has 44 valence electrons. The van der Waals surface area contributed by atoms with E-state index in [0.717, 1.165) is 6.42 Å². The highest BCUT2D eigenvalue weighted by Crippen LogP contribution is 2.20. The summed E-state index contributed by atoms with van der Waals surface area (Å²) in [6.45, 7) is 4.09. The van der Waals surface area contributed by atoms with Crippen LogP contribution in [-0.2, 0) is 4.79 Å². The minimum atomic E-state index is 0.287. The van der Waals surface area contributed by atoms with Crippen molar-refractivity contribution in [2.24, 2.45) is 5.92 Å². The van der Waals surface area contributed by atoms with Crippen molar-refractivity contribution in [3.63, 3.8) is 0 Å². The molecular weight excluding hydrogens is 100 g/mol. The lowest BCUT2D eigenvalue weighted by molar-refractivity contribution is -0.114. The second-order valence-corrected chi connectivity index (χ2v) is 2.46. The Morgan fingerprint density at radius 3 is 2.50 bits per heavy atom. The largest absolute Gasteiger partial charge is 0.295 e. The van der Waals surface area contributed by atoms with Gasteiger partial charge >= 0.3 is 0 Å². The summed E-state index contributed by atoms with van der Waals surface area (Å²) < 4.78 is 0. The lowest BCUT2D eigenvalue weighted by Crippen LogP contribution is -1.91. The molecule has 1 aliphatic rings. The van der Waals surface area contributed by atoms with Crippen LogP contribution in [0, 0.1) is 5.92 Å². The van der Waals surface area contributed by atoms with Crippen molar-refractivity contribution in [2.45, 2.75) is 20.3 Å². The average Bonchev–Trinajstić information content (AvgIpc) is 1.85. The lowest BCUT2D eigenvalue weighted by Gasteiger charge is -1.97. The molecule has 0 aromatic rings. The topological polar surface area (TPSA) is 17.1 Å². The summed E-state index contributed by atoms with van der Waals surface area (Å²) in [5.74, 6) is 0.789. The van der Waals surface area contributed by atoms with Gasteiger partial charge in [0.05, 0.1) is 0 Å². The van der Waals surface area contributed by atoms with Crippen LogP contribution in [0.25, 0.3) is 0 Å². The number of hydrogen-bond donors (Lipinski definition) is 0. The van der Waals surface area contributed by atoms with Crippen LogP contribution < -0.4 is 0 Å². The first kappa shape index (κ1) is 5.54. The number of carbonyl (C=O) groups excluding carboxylic acids is 1. The Morgan fingerprint density at radius 1 is 1.75 bits per heavy atom. The molecule has 1 heteroatoms. The maximum absolute atomic E-state index is 10.6.